The van der Waals surface area contributed by atoms with Gasteiger partial charge in [-0.3, -0.25) is 4.79 Å². The highest BCUT2D eigenvalue weighted by atomic mass is 16.1. The standard InChI is InChI=1S/C17H24N2O/c20-17(14-7-2-1-3-8-14)19-12-16-15-9-5-4-6-13(15)10-11-18-16/h4-6,9,14,16,18H,1-3,7-8,10-12H2,(H,19,20)/p+1/t16-/m1/s1. The summed E-state index contributed by atoms with van der Waals surface area (Å²) in [5.41, 5.74) is 2.86. The molecule has 1 heterocycles. The Balaban J connectivity index is 1.57. The Bertz CT molecular complexity index is 466. The molecule has 2 aliphatic rings. The van der Waals surface area contributed by atoms with E-state index in [-0.39, 0.29) is 11.8 Å². The predicted molar refractivity (Wildman–Crippen MR) is 79.3 cm³/mol. The molecule has 1 saturated carbocycles. The molecule has 0 radical (unpaired) electrons. The van der Waals surface area contributed by atoms with Crippen LogP contribution in [0.4, 0.5) is 0 Å². The normalized spacial score (nSPS) is 23.1. The lowest BCUT2D eigenvalue weighted by molar-refractivity contribution is -0.697. The van der Waals surface area contributed by atoms with Crippen LogP contribution in [-0.2, 0) is 11.2 Å². The highest BCUT2D eigenvalue weighted by Gasteiger charge is 2.25. The van der Waals surface area contributed by atoms with Gasteiger partial charge in [0.25, 0.3) is 0 Å². The summed E-state index contributed by atoms with van der Waals surface area (Å²) in [7, 11) is 0. The van der Waals surface area contributed by atoms with E-state index in [1.54, 1.807) is 0 Å². The number of amides is 1. The van der Waals surface area contributed by atoms with Crippen molar-refractivity contribution in [2.75, 3.05) is 13.1 Å². The summed E-state index contributed by atoms with van der Waals surface area (Å²) in [6, 6.07) is 9.05. The summed E-state index contributed by atoms with van der Waals surface area (Å²) in [5, 5.41) is 5.56. The van der Waals surface area contributed by atoms with E-state index in [1.165, 1.54) is 30.4 Å². The van der Waals surface area contributed by atoms with Crippen LogP contribution in [0.1, 0.15) is 49.3 Å². The van der Waals surface area contributed by atoms with Gasteiger partial charge in [0.05, 0.1) is 13.1 Å². The average Bonchev–Trinajstić information content (AvgIpc) is 2.53. The Morgan fingerprint density at radius 3 is 2.85 bits per heavy atom. The Hall–Kier alpha value is -1.35. The van der Waals surface area contributed by atoms with E-state index in [0.717, 1.165) is 32.4 Å². The summed E-state index contributed by atoms with van der Waals surface area (Å²) in [6.07, 6.45) is 7.04. The van der Waals surface area contributed by atoms with Gasteiger partial charge in [-0.1, -0.05) is 43.5 Å². The Kier molecular flexibility index (Phi) is 4.36. The fourth-order valence-corrected chi connectivity index (χ4v) is 3.60. The van der Waals surface area contributed by atoms with Crippen molar-refractivity contribution in [3.05, 3.63) is 35.4 Å². The van der Waals surface area contributed by atoms with Gasteiger partial charge in [0, 0.05) is 17.9 Å². The molecular weight excluding hydrogens is 248 g/mol. The largest absolute Gasteiger partial charge is 0.350 e. The molecule has 1 aliphatic carbocycles. The molecule has 1 atom stereocenters. The zero-order chi connectivity index (χ0) is 13.8. The van der Waals surface area contributed by atoms with Crippen molar-refractivity contribution in [3.63, 3.8) is 0 Å². The van der Waals surface area contributed by atoms with Gasteiger partial charge < -0.3 is 10.6 Å². The number of carbonyl (C=O) groups excluding carboxylic acids is 1. The lowest BCUT2D eigenvalue weighted by Crippen LogP contribution is -2.88. The topological polar surface area (TPSA) is 45.7 Å². The lowest BCUT2D eigenvalue weighted by atomic mass is 9.88. The fraction of sp³-hybridized carbons (Fsp3) is 0.588. The first-order chi connectivity index (χ1) is 9.84. The zero-order valence-corrected chi connectivity index (χ0v) is 12.1. The SMILES string of the molecule is O=C(NC[C@H]1[NH2+]CCc2ccccc21)C1CCCCC1. The van der Waals surface area contributed by atoms with Crippen molar-refractivity contribution in [1.29, 1.82) is 0 Å². The van der Waals surface area contributed by atoms with E-state index in [9.17, 15) is 4.79 Å². The molecule has 1 aromatic carbocycles. The van der Waals surface area contributed by atoms with Crippen LogP contribution in [0.15, 0.2) is 24.3 Å². The number of quaternary nitrogens is 1. The minimum atomic E-state index is 0.266. The van der Waals surface area contributed by atoms with Crippen LogP contribution in [0.5, 0.6) is 0 Å². The van der Waals surface area contributed by atoms with Crippen LogP contribution in [0.25, 0.3) is 0 Å². The lowest BCUT2D eigenvalue weighted by Gasteiger charge is -2.26. The van der Waals surface area contributed by atoms with Crippen molar-refractivity contribution in [2.45, 2.75) is 44.6 Å². The molecule has 1 amide bonds. The van der Waals surface area contributed by atoms with Crippen LogP contribution in [0.2, 0.25) is 0 Å². The third-order valence-electron chi connectivity index (χ3n) is 4.79. The number of rotatable bonds is 3. The van der Waals surface area contributed by atoms with Crippen LogP contribution in [-0.4, -0.2) is 19.0 Å². The Morgan fingerprint density at radius 2 is 2.00 bits per heavy atom. The zero-order valence-electron chi connectivity index (χ0n) is 12.1. The maximum atomic E-state index is 12.2. The second-order valence-corrected chi connectivity index (χ2v) is 6.16. The van der Waals surface area contributed by atoms with Crippen LogP contribution >= 0.6 is 0 Å². The maximum Gasteiger partial charge on any atom is 0.223 e. The molecule has 3 N–H and O–H groups in total. The van der Waals surface area contributed by atoms with Gasteiger partial charge in [0.2, 0.25) is 5.91 Å². The van der Waals surface area contributed by atoms with E-state index >= 15 is 0 Å². The second-order valence-electron chi connectivity index (χ2n) is 6.16. The maximum absolute atomic E-state index is 12.2. The van der Waals surface area contributed by atoms with Crippen molar-refractivity contribution in [1.82, 2.24) is 5.32 Å². The number of carbonyl (C=O) groups is 1. The molecule has 1 aromatic rings. The average molecular weight is 273 g/mol. The molecule has 0 bridgehead atoms. The highest BCUT2D eigenvalue weighted by Crippen LogP contribution is 2.24. The van der Waals surface area contributed by atoms with Crippen LogP contribution in [0.3, 0.4) is 0 Å². The van der Waals surface area contributed by atoms with Gasteiger partial charge in [0.15, 0.2) is 0 Å². The first-order valence-corrected chi connectivity index (χ1v) is 8.03. The number of fused-ring (bicyclic) bond motifs is 1. The third-order valence-corrected chi connectivity index (χ3v) is 4.79. The van der Waals surface area contributed by atoms with E-state index < -0.39 is 0 Å². The second kappa shape index (κ2) is 6.40. The number of benzene rings is 1. The first kappa shape index (κ1) is 13.6. The first-order valence-electron chi connectivity index (χ1n) is 8.03. The van der Waals surface area contributed by atoms with Gasteiger partial charge in [-0.2, -0.15) is 0 Å². The summed E-state index contributed by atoms with van der Waals surface area (Å²) < 4.78 is 0. The smallest absolute Gasteiger partial charge is 0.223 e. The van der Waals surface area contributed by atoms with Crippen molar-refractivity contribution in [2.24, 2.45) is 5.92 Å². The highest BCUT2D eigenvalue weighted by molar-refractivity contribution is 5.78. The Labute approximate surface area is 121 Å². The minimum absolute atomic E-state index is 0.266. The van der Waals surface area contributed by atoms with E-state index in [2.05, 4.69) is 34.9 Å². The summed E-state index contributed by atoms with van der Waals surface area (Å²) in [4.78, 5) is 12.2. The molecule has 108 valence electrons. The minimum Gasteiger partial charge on any atom is -0.350 e. The molecule has 1 fully saturated rings. The van der Waals surface area contributed by atoms with Crippen LogP contribution in [0, 0.1) is 5.92 Å². The van der Waals surface area contributed by atoms with Gasteiger partial charge in [-0.25, -0.2) is 0 Å². The summed E-state index contributed by atoms with van der Waals surface area (Å²) >= 11 is 0. The number of hydrogen-bond acceptors (Lipinski definition) is 1. The van der Waals surface area contributed by atoms with Gasteiger partial charge in [-0.05, 0) is 18.4 Å². The molecule has 0 aromatic heterocycles. The molecule has 1 aliphatic heterocycles. The van der Waals surface area contributed by atoms with Crippen molar-refractivity contribution in [3.8, 4) is 0 Å². The third kappa shape index (κ3) is 3.04. The van der Waals surface area contributed by atoms with E-state index in [4.69, 9.17) is 0 Å². The quantitative estimate of drug-likeness (QED) is 0.862. The molecule has 0 spiro atoms. The monoisotopic (exact) mass is 273 g/mol. The van der Waals surface area contributed by atoms with Gasteiger partial charge in [0.1, 0.15) is 6.04 Å². The molecule has 3 rings (SSSR count). The molecule has 20 heavy (non-hydrogen) atoms. The summed E-state index contributed by atoms with van der Waals surface area (Å²) in [6.45, 7) is 1.90. The van der Waals surface area contributed by atoms with Crippen molar-refractivity contribution >= 4 is 5.91 Å². The molecule has 0 saturated heterocycles. The fourth-order valence-electron chi connectivity index (χ4n) is 3.60. The van der Waals surface area contributed by atoms with E-state index in [1.807, 2.05) is 0 Å². The Morgan fingerprint density at radius 1 is 1.20 bits per heavy atom. The molecular formula is C17H25N2O+. The van der Waals surface area contributed by atoms with Crippen molar-refractivity contribution < 1.29 is 10.1 Å². The number of nitrogens with two attached hydrogens (primary N) is 1. The van der Waals surface area contributed by atoms with E-state index in [0.29, 0.717) is 6.04 Å². The summed E-state index contributed by atoms with van der Waals surface area (Å²) in [5.74, 6) is 0.545. The molecule has 3 heteroatoms. The number of nitrogens with one attached hydrogen (secondary N) is 1. The molecule has 3 nitrogen and oxygen atoms in total. The van der Waals surface area contributed by atoms with Gasteiger partial charge >= 0.3 is 0 Å². The predicted octanol–water partition coefficient (Wildman–Crippen LogP) is 1.54. The molecule has 0 unspecified atom stereocenters. The number of hydrogen-bond donors (Lipinski definition) is 2. The van der Waals surface area contributed by atoms with Crippen LogP contribution < -0.4 is 10.6 Å². The van der Waals surface area contributed by atoms with Gasteiger partial charge in [-0.15, -0.1) is 0 Å².